The van der Waals surface area contributed by atoms with Crippen LogP contribution in [0.2, 0.25) is 0 Å². The summed E-state index contributed by atoms with van der Waals surface area (Å²) in [7, 11) is -3.50. The van der Waals surface area contributed by atoms with Crippen LogP contribution in [0.25, 0.3) is 27.3 Å². The molecule has 5 aromatic rings. The Bertz CT molecular complexity index is 1970. The van der Waals surface area contributed by atoms with E-state index in [2.05, 4.69) is 28.0 Å². The lowest BCUT2D eigenvalue weighted by Crippen LogP contribution is -2.16. The summed E-state index contributed by atoms with van der Waals surface area (Å²) in [6.45, 7) is 2.17. The van der Waals surface area contributed by atoms with E-state index in [0.717, 1.165) is 35.9 Å². The van der Waals surface area contributed by atoms with Gasteiger partial charge >= 0.3 is 6.36 Å². The zero-order valence-electron chi connectivity index (χ0n) is 24.7. The molecule has 6 rings (SSSR count). The van der Waals surface area contributed by atoms with Crippen molar-refractivity contribution in [2.45, 2.75) is 69.2 Å². The molecule has 0 aliphatic heterocycles. The first-order chi connectivity index (χ1) is 21.6. The van der Waals surface area contributed by atoms with Gasteiger partial charge in [-0.2, -0.15) is 0 Å². The van der Waals surface area contributed by atoms with Crippen LogP contribution in [-0.4, -0.2) is 35.1 Å². The van der Waals surface area contributed by atoms with E-state index in [-0.39, 0.29) is 22.4 Å². The third-order valence-electron chi connectivity index (χ3n) is 7.90. The number of thiazole rings is 1. The predicted molar refractivity (Wildman–Crippen MR) is 173 cm³/mol. The van der Waals surface area contributed by atoms with E-state index in [1.807, 2.05) is 34.9 Å². The van der Waals surface area contributed by atoms with Crippen LogP contribution < -0.4 is 10.1 Å². The molecule has 3 aromatic carbocycles. The van der Waals surface area contributed by atoms with Gasteiger partial charge < -0.3 is 10.1 Å². The molecule has 7 nitrogen and oxygen atoms in total. The largest absolute Gasteiger partial charge is 0.573 e. The molecule has 1 aliphatic carbocycles. The average molecular weight is 655 g/mol. The van der Waals surface area contributed by atoms with Crippen LogP contribution in [0.1, 0.15) is 69.0 Å². The first kappa shape index (κ1) is 31.1. The number of fused-ring (bicyclic) bond motifs is 3. The van der Waals surface area contributed by atoms with Crippen molar-refractivity contribution in [3.05, 3.63) is 77.9 Å². The summed E-state index contributed by atoms with van der Waals surface area (Å²) < 4.78 is 71.4. The summed E-state index contributed by atoms with van der Waals surface area (Å²) >= 11 is 1.17. The Morgan fingerprint density at radius 1 is 0.933 bits per heavy atom. The molecular formula is C33H33F3N4O3S2. The molecule has 1 N–H and O–H groups in total. The molecule has 2 heterocycles. The number of rotatable bonds is 13. The highest BCUT2D eigenvalue weighted by Crippen LogP contribution is 2.39. The lowest BCUT2D eigenvalue weighted by Gasteiger charge is -2.17. The van der Waals surface area contributed by atoms with E-state index >= 15 is 0 Å². The average Bonchev–Trinajstić information content (AvgIpc) is 3.69. The molecule has 0 bridgehead atoms. The monoisotopic (exact) mass is 654 g/mol. The number of sulfone groups is 1. The maximum atomic E-state index is 13.3. The van der Waals surface area contributed by atoms with Crippen LogP contribution in [0.5, 0.6) is 5.75 Å². The van der Waals surface area contributed by atoms with Crippen molar-refractivity contribution in [1.29, 1.82) is 0 Å². The van der Waals surface area contributed by atoms with Crippen molar-refractivity contribution in [2.24, 2.45) is 0 Å². The molecule has 1 unspecified atom stereocenters. The van der Waals surface area contributed by atoms with Crippen molar-refractivity contribution in [1.82, 2.24) is 14.5 Å². The molecule has 1 aliphatic rings. The SMILES string of the molecule is CCCCCCCCCS(=O)(=O)c1ccc2c(c1)nc(Nc1nc3ccc(OC(F)(F)F)cc3s1)n2C1C=Cc2ccccc21. The molecule has 2 aromatic heterocycles. The van der Waals surface area contributed by atoms with Gasteiger partial charge in [0.15, 0.2) is 15.0 Å². The van der Waals surface area contributed by atoms with Crippen molar-refractivity contribution in [2.75, 3.05) is 11.1 Å². The van der Waals surface area contributed by atoms with E-state index in [9.17, 15) is 21.6 Å². The van der Waals surface area contributed by atoms with Crippen molar-refractivity contribution < 1.29 is 26.3 Å². The maximum Gasteiger partial charge on any atom is 0.573 e. The number of unbranched alkanes of at least 4 members (excludes halogenated alkanes) is 6. The number of anilines is 2. The van der Waals surface area contributed by atoms with E-state index in [4.69, 9.17) is 4.98 Å². The lowest BCUT2D eigenvalue weighted by atomic mass is 10.1. The highest BCUT2D eigenvalue weighted by atomic mass is 32.2. The molecule has 0 saturated carbocycles. The Morgan fingerprint density at radius 3 is 2.51 bits per heavy atom. The van der Waals surface area contributed by atoms with Crippen molar-refractivity contribution in [3.63, 3.8) is 0 Å². The number of alkyl halides is 3. The number of hydrogen-bond acceptors (Lipinski definition) is 7. The quantitative estimate of drug-likeness (QED) is 0.127. The summed E-state index contributed by atoms with van der Waals surface area (Å²) in [4.78, 5) is 9.61. The minimum Gasteiger partial charge on any atom is -0.406 e. The number of allylic oxidation sites excluding steroid dienone is 1. The van der Waals surface area contributed by atoms with Crippen LogP contribution in [-0.2, 0) is 9.84 Å². The summed E-state index contributed by atoms with van der Waals surface area (Å²) in [5, 5.41) is 3.68. The Hall–Kier alpha value is -3.90. The second kappa shape index (κ2) is 12.8. The van der Waals surface area contributed by atoms with Gasteiger partial charge in [-0.1, -0.05) is 93.2 Å². The second-order valence-corrected chi connectivity index (χ2v) is 14.3. The number of imidazole rings is 1. The van der Waals surface area contributed by atoms with Gasteiger partial charge in [-0.15, -0.1) is 13.2 Å². The smallest absolute Gasteiger partial charge is 0.406 e. The number of ether oxygens (including phenoxy) is 1. The van der Waals surface area contributed by atoms with Gasteiger partial charge in [0.25, 0.3) is 0 Å². The van der Waals surface area contributed by atoms with E-state index in [0.29, 0.717) is 33.2 Å². The van der Waals surface area contributed by atoms with Gasteiger partial charge in [0, 0.05) is 6.07 Å². The molecule has 0 spiro atoms. The predicted octanol–water partition coefficient (Wildman–Crippen LogP) is 9.43. The summed E-state index contributed by atoms with van der Waals surface area (Å²) in [6.07, 6.45) is 6.53. The standard InChI is InChI=1S/C33H33F3N4O3S2/c1-2-3-4-5-6-7-10-19-45(41,42)24-15-18-29-27(21-24)37-31(40(29)28-17-13-22-11-8-9-12-25(22)28)39-32-38-26-16-14-23(20-30(26)44-32)43-33(34,35)36/h8-9,11-18,20-21,28H,2-7,10,19H2,1H3,(H,37,38,39). The molecule has 0 fully saturated rings. The van der Waals surface area contributed by atoms with Crippen LogP contribution in [0.4, 0.5) is 24.3 Å². The molecule has 0 saturated heterocycles. The van der Waals surface area contributed by atoms with Crippen LogP contribution in [0.3, 0.4) is 0 Å². The maximum absolute atomic E-state index is 13.3. The molecule has 45 heavy (non-hydrogen) atoms. The van der Waals surface area contributed by atoms with Crippen LogP contribution in [0, 0.1) is 0 Å². The molecule has 12 heteroatoms. The third kappa shape index (κ3) is 7.01. The number of hydrogen-bond donors (Lipinski definition) is 1. The van der Waals surface area contributed by atoms with Gasteiger partial charge in [-0.25, -0.2) is 18.4 Å². The number of aromatic nitrogens is 3. The Kier molecular flexibility index (Phi) is 8.87. The Morgan fingerprint density at radius 2 is 1.71 bits per heavy atom. The minimum absolute atomic E-state index is 0.0859. The number of nitrogens with zero attached hydrogens (tertiary/aromatic N) is 3. The lowest BCUT2D eigenvalue weighted by molar-refractivity contribution is -0.274. The van der Waals surface area contributed by atoms with E-state index in [1.165, 1.54) is 48.8 Å². The zero-order valence-corrected chi connectivity index (χ0v) is 26.3. The molecular weight excluding hydrogens is 622 g/mol. The van der Waals surface area contributed by atoms with Gasteiger partial charge in [-0.3, -0.25) is 4.57 Å². The molecule has 236 valence electrons. The van der Waals surface area contributed by atoms with Crippen molar-refractivity contribution in [3.8, 4) is 5.75 Å². The third-order valence-corrected chi connectivity index (χ3v) is 10.6. The first-order valence-corrected chi connectivity index (χ1v) is 17.5. The van der Waals surface area contributed by atoms with Crippen molar-refractivity contribution >= 4 is 59.6 Å². The Labute approximate surface area is 263 Å². The fraction of sp³-hybridized carbons (Fsp3) is 0.333. The zero-order chi connectivity index (χ0) is 31.6. The van der Waals surface area contributed by atoms with Crippen LogP contribution >= 0.6 is 11.3 Å². The minimum atomic E-state index is -4.80. The fourth-order valence-electron chi connectivity index (χ4n) is 5.72. The number of halogens is 3. The highest BCUT2D eigenvalue weighted by molar-refractivity contribution is 7.91. The summed E-state index contributed by atoms with van der Waals surface area (Å²) in [6, 6.07) is 16.8. The fourth-order valence-corrected chi connectivity index (χ4v) is 7.99. The number of benzene rings is 3. The second-order valence-electron chi connectivity index (χ2n) is 11.2. The van der Waals surface area contributed by atoms with Crippen LogP contribution in [0.15, 0.2) is 71.6 Å². The Balaban J connectivity index is 1.31. The topological polar surface area (TPSA) is 86.1 Å². The van der Waals surface area contributed by atoms with Gasteiger partial charge in [0.1, 0.15) is 5.75 Å². The first-order valence-electron chi connectivity index (χ1n) is 15.1. The highest BCUT2D eigenvalue weighted by Gasteiger charge is 2.31. The van der Waals surface area contributed by atoms with Gasteiger partial charge in [-0.05, 0) is 47.9 Å². The summed E-state index contributed by atoms with van der Waals surface area (Å²) in [5.74, 6) is 0.196. The van der Waals surface area contributed by atoms with Gasteiger partial charge in [0.05, 0.1) is 37.9 Å². The summed E-state index contributed by atoms with van der Waals surface area (Å²) in [5.41, 5.74) is 3.89. The molecule has 0 radical (unpaired) electrons. The van der Waals surface area contributed by atoms with E-state index < -0.39 is 16.2 Å². The molecule has 1 atom stereocenters. The molecule has 0 amide bonds. The van der Waals surface area contributed by atoms with E-state index in [1.54, 1.807) is 18.2 Å². The normalized spacial score (nSPS) is 14.8. The van der Waals surface area contributed by atoms with Gasteiger partial charge in [0.2, 0.25) is 5.95 Å². The number of nitrogens with one attached hydrogen (secondary N) is 1.